The zero-order valence-corrected chi connectivity index (χ0v) is 11.3. The van der Waals surface area contributed by atoms with Crippen LogP contribution in [-0.4, -0.2) is 33.0 Å². The van der Waals surface area contributed by atoms with Gasteiger partial charge in [-0.2, -0.15) is 5.26 Å². The predicted octanol–water partition coefficient (Wildman–Crippen LogP) is 1.84. The summed E-state index contributed by atoms with van der Waals surface area (Å²) in [6.07, 6.45) is 0.610. The lowest BCUT2D eigenvalue weighted by Crippen LogP contribution is -2.26. The Labute approximate surface area is 112 Å². The number of nitriles is 1. The lowest BCUT2D eigenvalue weighted by molar-refractivity contribution is 0.597. The molecule has 0 unspecified atom stereocenters. The maximum absolute atomic E-state index is 11.5. The normalized spacial score (nSPS) is 19.0. The average molecular weight is 285 g/mol. The molecule has 0 bridgehead atoms. The van der Waals surface area contributed by atoms with Gasteiger partial charge in [0.15, 0.2) is 9.84 Å². The van der Waals surface area contributed by atoms with E-state index < -0.39 is 9.84 Å². The second-order valence-electron chi connectivity index (χ2n) is 4.27. The van der Waals surface area contributed by atoms with Gasteiger partial charge in [0, 0.05) is 13.1 Å². The highest BCUT2D eigenvalue weighted by molar-refractivity contribution is 7.91. The summed E-state index contributed by atoms with van der Waals surface area (Å²) >= 11 is 6.12. The van der Waals surface area contributed by atoms with Crippen LogP contribution in [-0.2, 0) is 9.84 Å². The Bertz CT molecular complexity index is 593. The summed E-state index contributed by atoms with van der Waals surface area (Å²) in [5.74, 6) is 0.390. The topological polar surface area (TPSA) is 61.2 Å². The van der Waals surface area contributed by atoms with Crippen molar-refractivity contribution in [2.75, 3.05) is 29.5 Å². The molecule has 0 saturated carbocycles. The molecule has 96 valence electrons. The van der Waals surface area contributed by atoms with Crippen LogP contribution < -0.4 is 4.90 Å². The zero-order valence-electron chi connectivity index (χ0n) is 9.76. The summed E-state index contributed by atoms with van der Waals surface area (Å²) in [6.45, 7) is 1.12. The molecule has 1 aromatic rings. The predicted molar refractivity (Wildman–Crippen MR) is 71.7 cm³/mol. The molecule has 1 saturated heterocycles. The van der Waals surface area contributed by atoms with Gasteiger partial charge in [-0.3, -0.25) is 0 Å². The lowest BCUT2D eigenvalue weighted by atomic mass is 10.2. The molecule has 1 aliphatic heterocycles. The highest BCUT2D eigenvalue weighted by Gasteiger charge is 2.20. The molecule has 0 aromatic heterocycles. The van der Waals surface area contributed by atoms with Crippen molar-refractivity contribution in [3.63, 3.8) is 0 Å². The maximum atomic E-state index is 11.5. The molecule has 1 fully saturated rings. The van der Waals surface area contributed by atoms with Crippen molar-refractivity contribution in [2.24, 2.45) is 0 Å². The fraction of sp³-hybridized carbons (Fsp3) is 0.417. The average Bonchev–Trinajstić information content (AvgIpc) is 2.50. The van der Waals surface area contributed by atoms with Crippen LogP contribution >= 0.6 is 11.6 Å². The highest BCUT2D eigenvalue weighted by atomic mass is 35.5. The van der Waals surface area contributed by atoms with Crippen molar-refractivity contribution < 1.29 is 8.42 Å². The Morgan fingerprint density at radius 2 is 2.06 bits per heavy atom. The molecule has 4 nitrogen and oxygen atoms in total. The van der Waals surface area contributed by atoms with E-state index in [-0.39, 0.29) is 11.5 Å². The SMILES string of the molecule is N#Cc1ccc(N2CCCS(=O)(=O)CC2)c(Cl)c1. The summed E-state index contributed by atoms with van der Waals surface area (Å²) in [5.41, 5.74) is 1.30. The lowest BCUT2D eigenvalue weighted by Gasteiger charge is -2.23. The minimum Gasteiger partial charge on any atom is -0.369 e. The van der Waals surface area contributed by atoms with Gasteiger partial charge in [-0.25, -0.2) is 8.42 Å². The molecule has 6 heteroatoms. The van der Waals surface area contributed by atoms with Gasteiger partial charge in [0.25, 0.3) is 0 Å². The Hall–Kier alpha value is -1.25. The van der Waals surface area contributed by atoms with E-state index in [1.807, 2.05) is 11.0 Å². The third kappa shape index (κ3) is 2.95. The standard InChI is InChI=1S/C12H13ClN2O2S/c13-11-8-10(9-14)2-3-12(11)15-4-1-6-18(16,17)7-5-15/h2-3,8H,1,4-7H2. The van der Waals surface area contributed by atoms with E-state index in [1.165, 1.54) is 0 Å². The number of sulfone groups is 1. The van der Waals surface area contributed by atoms with Crippen LogP contribution in [0.25, 0.3) is 0 Å². The van der Waals surface area contributed by atoms with E-state index in [0.29, 0.717) is 30.1 Å². The van der Waals surface area contributed by atoms with Crippen LogP contribution in [0.1, 0.15) is 12.0 Å². The molecule has 0 atom stereocenters. The highest BCUT2D eigenvalue weighted by Crippen LogP contribution is 2.27. The van der Waals surface area contributed by atoms with Gasteiger partial charge in [0.05, 0.1) is 33.8 Å². The number of anilines is 1. The first-order chi connectivity index (χ1) is 8.52. The molecule has 0 aliphatic carbocycles. The molecule has 18 heavy (non-hydrogen) atoms. The summed E-state index contributed by atoms with van der Waals surface area (Å²) in [7, 11) is -2.92. The smallest absolute Gasteiger partial charge is 0.152 e. The van der Waals surface area contributed by atoms with Crippen molar-refractivity contribution in [3.8, 4) is 6.07 Å². The summed E-state index contributed by atoms with van der Waals surface area (Å²) in [4.78, 5) is 1.97. The molecule has 0 radical (unpaired) electrons. The zero-order chi connectivity index (χ0) is 13.2. The van der Waals surface area contributed by atoms with Gasteiger partial charge < -0.3 is 4.90 Å². The van der Waals surface area contributed by atoms with Crippen molar-refractivity contribution in [1.82, 2.24) is 0 Å². The quantitative estimate of drug-likeness (QED) is 0.789. The number of hydrogen-bond donors (Lipinski definition) is 0. The fourth-order valence-electron chi connectivity index (χ4n) is 2.01. The molecule has 1 aromatic carbocycles. The summed E-state index contributed by atoms with van der Waals surface area (Å²) in [5, 5.41) is 9.27. The molecule has 0 amide bonds. The molecular formula is C12H13ClN2O2S. The van der Waals surface area contributed by atoms with Crippen LogP contribution in [0.3, 0.4) is 0 Å². The monoisotopic (exact) mass is 284 g/mol. The first kappa shape index (κ1) is 13.2. The minimum absolute atomic E-state index is 0.156. The van der Waals surface area contributed by atoms with E-state index in [0.717, 1.165) is 5.69 Å². The van der Waals surface area contributed by atoms with Crippen molar-refractivity contribution in [1.29, 1.82) is 5.26 Å². The van der Waals surface area contributed by atoms with Crippen LogP contribution in [0.4, 0.5) is 5.69 Å². The van der Waals surface area contributed by atoms with E-state index in [2.05, 4.69) is 0 Å². The molecule has 0 spiro atoms. The third-order valence-electron chi connectivity index (χ3n) is 2.97. The Morgan fingerprint density at radius 3 is 2.72 bits per heavy atom. The van der Waals surface area contributed by atoms with Crippen LogP contribution in [0.5, 0.6) is 0 Å². The van der Waals surface area contributed by atoms with Gasteiger partial charge in [0.2, 0.25) is 0 Å². The number of halogens is 1. The van der Waals surface area contributed by atoms with Gasteiger partial charge >= 0.3 is 0 Å². The number of nitrogens with zero attached hydrogens (tertiary/aromatic N) is 2. The van der Waals surface area contributed by atoms with E-state index in [9.17, 15) is 8.42 Å². The molecule has 1 heterocycles. The summed E-state index contributed by atoms with van der Waals surface area (Å²) in [6, 6.07) is 7.10. The minimum atomic E-state index is -2.92. The van der Waals surface area contributed by atoms with E-state index >= 15 is 0 Å². The van der Waals surface area contributed by atoms with Crippen LogP contribution in [0, 0.1) is 11.3 Å². The molecule has 1 aliphatic rings. The number of hydrogen-bond acceptors (Lipinski definition) is 4. The number of benzene rings is 1. The Balaban J connectivity index is 2.24. The molecule has 2 rings (SSSR count). The van der Waals surface area contributed by atoms with Gasteiger partial charge in [0.1, 0.15) is 0 Å². The van der Waals surface area contributed by atoms with Crippen LogP contribution in [0.15, 0.2) is 18.2 Å². The molecule has 0 N–H and O–H groups in total. The van der Waals surface area contributed by atoms with Gasteiger partial charge in [-0.15, -0.1) is 0 Å². The first-order valence-corrected chi connectivity index (χ1v) is 7.87. The van der Waals surface area contributed by atoms with E-state index in [4.69, 9.17) is 16.9 Å². The van der Waals surface area contributed by atoms with Gasteiger partial charge in [-0.05, 0) is 24.6 Å². The maximum Gasteiger partial charge on any atom is 0.152 e. The summed E-state index contributed by atoms with van der Waals surface area (Å²) < 4.78 is 23.1. The number of rotatable bonds is 1. The second-order valence-corrected chi connectivity index (χ2v) is 6.98. The van der Waals surface area contributed by atoms with Crippen LogP contribution in [0.2, 0.25) is 5.02 Å². The fourth-order valence-corrected chi connectivity index (χ4v) is 3.58. The van der Waals surface area contributed by atoms with Gasteiger partial charge in [-0.1, -0.05) is 11.6 Å². The first-order valence-electron chi connectivity index (χ1n) is 5.67. The third-order valence-corrected chi connectivity index (χ3v) is 4.99. The molecular weight excluding hydrogens is 272 g/mol. The second kappa shape index (κ2) is 5.17. The van der Waals surface area contributed by atoms with Crippen molar-refractivity contribution in [3.05, 3.63) is 28.8 Å². The van der Waals surface area contributed by atoms with Crippen molar-refractivity contribution in [2.45, 2.75) is 6.42 Å². The Morgan fingerprint density at radius 1 is 1.28 bits per heavy atom. The van der Waals surface area contributed by atoms with Crippen molar-refractivity contribution >= 4 is 27.1 Å². The Kier molecular flexibility index (Phi) is 3.79. The van der Waals surface area contributed by atoms with E-state index in [1.54, 1.807) is 18.2 Å². The largest absolute Gasteiger partial charge is 0.369 e.